The smallest absolute Gasteiger partial charge is 0.232 e. The highest BCUT2D eigenvalue weighted by atomic mass is 32.2. The van der Waals surface area contributed by atoms with Crippen LogP contribution >= 0.6 is 11.3 Å². The van der Waals surface area contributed by atoms with E-state index in [0.717, 1.165) is 27.6 Å². The van der Waals surface area contributed by atoms with Gasteiger partial charge in [-0.25, -0.2) is 12.8 Å². The number of sulfonamides is 1. The van der Waals surface area contributed by atoms with Crippen LogP contribution in [0.3, 0.4) is 0 Å². The fraction of sp³-hybridized carbons (Fsp3) is 0.214. The molecule has 0 aliphatic rings. The van der Waals surface area contributed by atoms with Gasteiger partial charge >= 0.3 is 0 Å². The molecule has 22 heavy (non-hydrogen) atoms. The Kier molecular flexibility index (Phi) is 4.82. The SMILES string of the molecule is CN(c1ccc(F)cc1NC(=O)Cc1cccs1)S(C)(=O)=O. The monoisotopic (exact) mass is 342 g/mol. The molecule has 0 aliphatic carbocycles. The van der Waals surface area contributed by atoms with Gasteiger partial charge in [-0.15, -0.1) is 11.3 Å². The van der Waals surface area contributed by atoms with Gasteiger partial charge in [0, 0.05) is 11.9 Å². The Morgan fingerprint density at radius 2 is 2.09 bits per heavy atom. The summed E-state index contributed by atoms with van der Waals surface area (Å²) in [5, 5.41) is 4.42. The summed E-state index contributed by atoms with van der Waals surface area (Å²) in [5.74, 6) is -0.895. The second-order valence-electron chi connectivity index (χ2n) is 4.70. The molecule has 0 atom stereocenters. The van der Waals surface area contributed by atoms with Crippen molar-refractivity contribution in [1.29, 1.82) is 0 Å². The Morgan fingerprint density at radius 1 is 1.36 bits per heavy atom. The number of rotatable bonds is 5. The largest absolute Gasteiger partial charge is 0.324 e. The molecule has 0 aliphatic heterocycles. The van der Waals surface area contributed by atoms with Crippen LogP contribution in [0.2, 0.25) is 0 Å². The van der Waals surface area contributed by atoms with Crippen LogP contribution in [-0.2, 0) is 21.2 Å². The van der Waals surface area contributed by atoms with Crippen molar-refractivity contribution in [2.24, 2.45) is 0 Å². The van der Waals surface area contributed by atoms with Gasteiger partial charge in [-0.1, -0.05) is 6.07 Å². The number of halogens is 1. The van der Waals surface area contributed by atoms with Crippen molar-refractivity contribution in [1.82, 2.24) is 0 Å². The highest BCUT2D eigenvalue weighted by Gasteiger charge is 2.18. The van der Waals surface area contributed by atoms with Gasteiger partial charge in [0.2, 0.25) is 15.9 Å². The molecule has 0 unspecified atom stereocenters. The first-order chi connectivity index (χ1) is 10.3. The molecule has 8 heteroatoms. The van der Waals surface area contributed by atoms with Gasteiger partial charge in [-0.05, 0) is 29.6 Å². The molecule has 2 aromatic rings. The first kappa shape index (κ1) is 16.4. The second-order valence-corrected chi connectivity index (χ2v) is 7.74. The van der Waals surface area contributed by atoms with E-state index in [1.54, 1.807) is 0 Å². The average molecular weight is 342 g/mol. The number of benzene rings is 1. The lowest BCUT2D eigenvalue weighted by Crippen LogP contribution is -2.26. The number of hydrogen-bond donors (Lipinski definition) is 1. The van der Waals surface area contributed by atoms with Crippen LogP contribution in [0.1, 0.15) is 4.88 Å². The molecule has 1 amide bonds. The molecule has 118 valence electrons. The van der Waals surface area contributed by atoms with Crippen LogP contribution in [0.4, 0.5) is 15.8 Å². The summed E-state index contributed by atoms with van der Waals surface area (Å²) in [4.78, 5) is 12.9. The Hall–Kier alpha value is -1.93. The van der Waals surface area contributed by atoms with E-state index in [2.05, 4.69) is 5.32 Å². The summed E-state index contributed by atoms with van der Waals surface area (Å²) >= 11 is 1.44. The summed E-state index contributed by atoms with van der Waals surface area (Å²) in [6, 6.07) is 7.21. The third kappa shape index (κ3) is 4.05. The lowest BCUT2D eigenvalue weighted by atomic mass is 10.2. The molecule has 1 heterocycles. The summed E-state index contributed by atoms with van der Waals surface area (Å²) in [5.41, 5.74) is 0.331. The van der Waals surface area contributed by atoms with E-state index in [1.807, 2.05) is 17.5 Å². The van der Waals surface area contributed by atoms with Crippen molar-refractivity contribution in [3.63, 3.8) is 0 Å². The van der Waals surface area contributed by atoms with Crippen molar-refractivity contribution in [2.45, 2.75) is 6.42 Å². The maximum atomic E-state index is 13.4. The van der Waals surface area contributed by atoms with E-state index in [4.69, 9.17) is 0 Å². The Labute approximate surface area is 132 Å². The quantitative estimate of drug-likeness (QED) is 0.908. The van der Waals surface area contributed by atoms with Crippen LogP contribution in [0.25, 0.3) is 0 Å². The predicted octanol–water partition coefficient (Wildman–Crippen LogP) is 2.46. The van der Waals surface area contributed by atoms with Gasteiger partial charge in [0.25, 0.3) is 0 Å². The van der Waals surface area contributed by atoms with Crippen LogP contribution in [0, 0.1) is 5.82 Å². The van der Waals surface area contributed by atoms with Crippen molar-refractivity contribution in [3.05, 3.63) is 46.4 Å². The average Bonchev–Trinajstić information content (AvgIpc) is 2.89. The third-order valence-corrected chi connectivity index (χ3v) is 5.05. The minimum absolute atomic E-state index is 0.120. The van der Waals surface area contributed by atoms with Gasteiger partial charge < -0.3 is 5.32 Å². The number of thiophene rings is 1. The Morgan fingerprint density at radius 3 is 2.68 bits per heavy atom. The predicted molar refractivity (Wildman–Crippen MR) is 86.3 cm³/mol. The molecule has 5 nitrogen and oxygen atoms in total. The standard InChI is InChI=1S/C14H15FN2O3S2/c1-17(22(2,19)20)13-6-5-10(15)8-12(13)16-14(18)9-11-4-3-7-21-11/h3-8H,9H2,1-2H3,(H,16,18). The van der Waals surface area contributed by atoms with E-state index >= 15 is 0 Å². The number of carbonyl (C=O) groups excluding carboxylic acids is 1. The minimum atomic E-state index is -3.52. The molecular formula is C14H15FN2O3S2. The van der Waals surface area contributed by atoms with Crippen molar-refractivity contribution in [2.75, 3.05) is 22.9 Å². The summed E-state index contributed by atoms with van der Waals surface area (Å²) in [6.07, 6.45) is 1.18. The second kappa shape index (κ2) is 6.45. The van der Waals surface area contributed by atoms with Gasteiger partial charge in [0.1, 0.15) is 5.82 Å². The first-order valence-corrected chi connectivity index (χ1v) is 9.06. The van der Waals surface area contributed by atoms with Crippen molar-refractivity contribution >= 4 is 38.6 Å². The van der Waals surface area contributed by atoms with E-state index in [9.17, 15) is 17.6 Å². The van der Waals surface area contributed by atoms with Crippen molar-refractivity contribution < 1.29 is 17.6 Å². The molecule has 0 saturated heterocycles. The van der Waals surface area contributed by atoms with E-state index in [-0.39, 0.29) is 23.7 Å². The Bertz CT molecular complexity index is 773. The number of amides is 1. The maximum absolute atomic E-state index is 13.4. The third-order valence-electron chi connectivity index (χ3n) is 2.98. The van der Waals surface area contributed by atoms with Gasteiger partial charge in [0.05, 0.1) is 24.1 Å². The molecular weight excluding hydrogens is 327 g/mol. The zero-order valence-electron chi connectivity index (χ0n) is 12.0. The number of nitrogens with zero attached hydrogens (tertiary/aromatic N) is 1. The zero-order chi connectivity index (χ0) is 16.3. The molecule has 0 saturated carbocycles. The lowest BCUT2D eigenvalue weighted by molar-refractivity contribution is -0.115. The van der Waals surface area contributed by atoms with Crippen LogP contribution in [-0.4, -0.2) is 27.6 Å². The summed E-state index contributed by atoms with van der Waals surface area (Å²) < 4.78 is 37.7. The topological polar surface area (TPSA) is 66.5 Å². The number of anilines is 2. The van der Waals surface area contributed by atoms with Crippen LogP contribution < -0.4 is 9.62 Å². The molecule has 1 aromatic heterocycles. The number of nitrogens with one attached hydrogen (secondary N) is 1. The van der Waals surface area contributed by atoms with Crippen molar-refractivity contribution in [3.8, 4) is 0 Å². The van der Waals surface area contributed by atoms with E-state index < -0.39 is 15.8 Å². The van der Waals surface area contributed by atoms with Gasteiger partial charge in [-0.3, -0.25) is 9.10 Å². The summed E-state index contributed by atoms with van der Waals surface area (Å²) in [6.45, 7) is 0. The van der Waals surface area contributed by atoms with E-state index in [0.29, 0.717) is 0 Å². The van der Waals surface area contributed by atoms with Gasteiger partial charge in [0.15, 0.2) is 0 Å². The normalized spacial score (nSPS) is 11.2. The molecule has 1 aromatic carbocycles. The summed E-state index contributed by atoms with van der Waals surface area (Å²) in [7, 11) is -2.17. The molecule has 0 fully saturated rings. The highest BCUT2D eigenvalue weighted by molar-refractivity contribution is 7.92. The fourth-order valence-electron chi connectivity index (χ4n) is 1.83. The molecule has 0 bridgehead atoms. The van der Waals surface area contributed by atoms with Gasteiger partial charge in [-0.2, -0.15) is 0 Å². The first-order valence-electron chi connectivity index (χ1n) is 6.33. The molecule has 2 rings (SSSR count). The minimum Gasteiger partial charge on any atom is -0.324 e. The molecule has 0 radical (unpaired) electrons. The lowest BCUT2D eigenvalue weighted by Gasteiger charge is -2.20. The van der Waals surface area contributed by atoms with E-state index in [1.165, 1.54) is 24.5 Å². The van der Waals surface area contributed by atoms with Crippen LogP contribution in [0.15, 0.2) is 35.7 Å². The molecule has 1 N–H and O–H groups in total. The highest BCUT2D eigenvalue weighted by Crippen LogP contribution is 2.28. The zero-order valence-corrected chi connectivity index (χ0v) is 13.7. The van der Waals surface area contributed by atoms with Crippen LogP contribution in [0.5, 0.6) is 0 Å². The Balaban J connectivity index is 2.26. The number of hydrogen-bond acceptors (Lipinski definition) is 4. The fourth-order valence-corrected chi connectivity index (χ4v) is 3.05. The maximum Gasteiger partial charge on any atom is 0.232 e. The molecule has 0 spiro atoms. The number of carbonyl (C=O) groups is 1.